The van der Waals surface area contributed by atoms with Crippen LogP contribution in [0.15, 0.2) is 18.2 Å². The van der Waals surface area contributed by atoms with Gasteiger partial charge in [0.15, 0.2) is 5.69 Å². The van der Waals surface area contributed by atoms with E-state index in [1.165, 1.54) is 32.0 Å². The Kier molecular flexibility index (Phi) is 10.7. The van der Waals surface area contributed by atoms with Gasteiger partial charge < -0.3 is 25.0 Å². The minimum atomic E-state index is -4.32. The molecular weight excluding hydrogens is 839 g/mol. The fourth-order valence-electron chi connectivity index (χ4n) is 9.71. The highest BCUT2D eigenvalue weighted by Gasteiger charge is 2.68. The number of benzene rings is 1. The lowest BCUT2D eigenvalue weighted by Crippen LogP contribution is -2.61. The standard InChI is InChI=1S/C42H51F4N7O8S/c1-20-29-19-53(30(20)34(54)51-41(17-25(41)33(43)44)37(56)52-62(58,59)40(5)12-13-40)36(55)32(39(2,3)4)50-38(57)61-28-16-22-15-24(22)23(28)8-6-7-11-42(45,46)31-35(60-29)49-27-14-21(18-47)9-10-26(27)48-31/h9-10,14,20,22-25,28-30,32-33H,6-8,11-13,15-17,19H2,1-5H3,(H,50,57)(H,51,54)(H,52,56). The largest absolute Gasteiger partial charge is 0.471 e. The monoisotopic (exact) mass is 889 g/mol. The summed E-state index contributed by atoms with van der Waals surface area (Å²) in [6.07, 6.45) is -4.06. The first-order chi connectivity index (χ1) is 29.0. The molecule has 62 heavy (non-hydrogen) atoms. The molecule has 5 fully saturated rings. The molecule has 2 aliphatic heterocycles. The second kappa shape index (κ2) is 15.2. The van der Waals surface area contributed by atoms with E-state index in [1.807, 2.05) is 10.8 Å². The van der Waals surface area contributed by atoms with Crippen LogP contribution >= 0.6 is 0 Å². The molecule has 4 aliphatic carbocycles. The predicted molar refractivity (Wildman–Crippen MR) is 212 cm³/mol. The second-order valence-corrected chi connectivity index (χ2v) is 21.7. The van der Waals surface area contributed by atoms with Crippen molar-refractivity contribution in [1.82, 2.24) is 30.2 Å². The topological polar surface area (TPSA) is 210 Å². The summed E-state index contributed by atoms with van der Waals surface area (Å²) < 4.78 is 101. The zero-order chi connectivity index (χ0) is 44.9. The van der Waals surface area contributed by atoms with Crippen LogP contribution < -0.4 is 20.1 Å². The van der Waals surface area contributed by atoms with Gasteiger partial charge in [-0.3, -0.25) is 19.1 Å². The van der Waals surface area contributed by atoms with Crippen molar-refractivity contribution >= 4 is 44.9 Å². The Hall–Kier alpha value is -4.80. The number of nitrogens with zero attached hydrogens (tertiary/aromatic N) is 4. The normalized spacial score (nSPS) is 33.9. The number of hydrogen-bond donors (Lipinski definition) is 3. The number of carbonyl (C=O) groups is 4. The third kappa shape index (κ3) is 7.91. The van der Waals surface area contributed by atoms with E-state index >= 15 is 8.78 Å². The molecular formula is C42H51F4N7O8S. The molecule has 4 amide bonds. The molecule has 6 aliphatic rings. The Balaban J connectivity index is 1.18. The second-order valence-electron chi connectivity index (χ2n) is 19.5. The first-order valence-electron chi connectivity index (χ1n) is 21.2. The zero-order valence-electron chi connectivity index (χ0n) is 35.1. The molecule has 20 heteroatoms. The Morgan fingerprint density at radius 3 is 2.40 bits per heavy atom. The average molecular weight is 890 g/mol. The van der Waals surface area contributed by atoms with Crippen molar-refractivity contribution in [2.24, 2.45) is 35.0 Å². The van der Waals surface area contributed by atoms with Crippen LogP contribution in [0, 0.1) is 46.3 Å². The summed E-state index contributed by atoms with van der Waals surface area (Å²) in [4.78, 5) is 66.6. The lowest BCUT2D eigenvalue weighted by Gasteiger charge is -2.36. The van der Waals surface area contributed by atoms with Crippen molar-refractivity contribution in [1.29, 1.82) is 5.26 Å². The van der Waals surface area contributed by atoms with Crippen molar-refractivity contribution in [2.45, 2.75) is 139 Å². The van der Waals surface area contributed by atoms with Gasteiger partial charge in [0.2, 0.25) is 34.1 Å². The molecule has 336 valence electrons. The Labute approximate surface area is 356 Å². The fraction of sp³-hybridized carbons (Fsp3) is 0.690. The van der Waals surface area contributed by atoms with Crippen molar-refractivity contribution in [2.75, 3.05) is 6.54 Å². The van der Waals surface area contributed by atoms with E-state index in [0.29, 0.717) is 25.2 Å². The molecule has 10 atom stereocenters. The van der Waals surface area contributed by atoms with Gasteiger partial charge in [0.05, 0.1) is 39.9 Å². The summed E-state index contributed by atoms with van der Waals surface area (Å²) in [6, 6.07) is 3.14. The number of nitrogens with one attached hydrogen (secondary N) is 3. The van der Waals surface area contributed by atoms with Crippen LogP contribution in [0.1, 0.15) is 104 Å². The summed E-state index contributed by atoms with van der Waals surface area (Å²) in [6.45, 7) is 7.41. The Morgan fingerprint density at radius 2 is 1.76 bits per heavy atom. The van der Waals surface area contributed by atoms with E-state index in [9.17, 15) is 41.6 Å². The first-order valence-corrected chi connectivity index (χ1v) is 22.7. The number of carbonyl (C=O) groups excluding carboxylic acids is 4. The Morgan fingerprint density at radius 1 is 1.03 bits per heavy atom. The molecule has 3 heterocycles. The highest BCUT2D eigenvalue weighted by atomic mass is 32.2. The smallest absolute Gasteiger partial charge is 0.408 e. The lowest BCUT2D eigenvalue weighted by molar-refractivity contribution is -0.143. The van der Waals surface area contributed by atoms with Crippen LogP contribution in [-0.2, 0) is 35.1 Å². The Bertz CT molecular complexity index is 2350. The third-order valence-corrected chi connectivity index (χ3v) is 16.2. The fourth-order valence-corrected chi connectivity index (χ4v) is 11.0. The van der Waals surface area contributed by atoms with Crippen molar-refractivity contribution in [3.63, 3.8) is 0 Å². The maximum Gasteiger partial charge on any atom is 0.408 e. The van der Waals surface area contributed by atoms with Gasteiger partial charge in [-0.15, -0.1) is 0 Å². The van der Waals surface area contributed by atoms with Crippen LogP contribution in [0.4, 0.5) is 22.4 Å². The first kappa shape index (κ1) is 43.8. The van der Waals surface area contributed by atoms with Gasteiger partial charge in [0.25, 0.3) is 11.8 Å². The molecule has 15 nitrogen and oxygen atoms in total. The lowest BCUT2D eigenvalue weighted by atomic mass is 9.85. The van der Waals surface area contributed by atoms with Crippen LogP contribution in [0.3, 0.4) is 0 Å². The summed E-state index contributed by atoms with van der Waals surface area (Å²) >= 11 is 0. The number of aromatic nitrogens is 2. The third-order valence-electron chi connectivity index (χ3n) is 14.1. The van der Waals surface area contributed by atoms with E-state index in [4.69, 9.17) is 9.47 Å². The number of sulfonamides is 1. The van der Waals surface area contributed by atoms with Gasteiger partial charge in [0, 0.05) is 12.3 Å². The summed E-state index contributed by atoms with van der Waals surface area (Å²) in [5, 5.41) is 14.6. The van der Waals surface area contributed by atoms with Crippen molar-refractivity contribution < 1.29 is 54.6 Å². The van der Waals surface area contributed by atoms with E-state index in [1.54, 1.807) is 20.8 Å². The number of rotatable bonds is 6. The van der Waals surface area contributed by atoms with Gasteiger partial charge >= 0.3 is 6.09 Å². The van der Waals surface area contributed by atoms with Gasteiger partial charge in [-0.1, -0.05) is 34.1 Å². The SMILES string of the molecule is CC1C2CN(C(=O)C(C(C)(C)C)NC(=O)OC3CC4CC4C3CCCCC(F)(F)c3nc4ccc(C#N)cc4nc3O2)C1C(=O)NC1(C(=O)NS(=O)(=O)C2(C)CC2)CC1C(F)F. The van der Waals surface area contributed by atoms with Gasteiger partial charge in [-0.2, -0.15) is 14.0 Å². The molecule has 8 rings (SSSR count). The number of alkyl carbamates (subject to hydrolysis) is 1. The number of hydrogen-bond acceptors (Lipinski definition) is 11. The maximum absolute atomic E-state index is 16.5. The molecule has 2 aromatic rings. The van der Waals surface area contributed by atoms with Crippen molar-refractivity contribution in [3.05, 3.63) is 29.5 Å². The minimum Gasteiger partial charge on any atom is -0.471 e. The quantitative estimate of drug-likeness (QED) is 0.327. The summed E-state index contributed by atoms with van der Waals surface area (Å²) in [5.41, 5.74) is -3.90. The molecule has 4 saturated carbocycles. The zero-order valence-corrected chi connectivity index (χ0v) is 35.9. The molecule has 2 bridgehead atoms. The highest BCUT2D eigenvalue weighted by molar-refractivity contribution is 7.91. The van der Waals surface area contributed by atoms with Crippen LogP contribution in [0.5, 0.6) is 5.88 Å². The number of halogens is 4. The van der Waals surface area contributed by atoms with Gasteiger partial charge in [-0.25, -0.2) is 32.0 Å². The molecule has 0 radical (unpaired) electrons. The number of ether oxygens (including phenoxy) is 2. The van der Waals surface area contributed by atoms with E-state index in [2.05, 4.69) is 20.6 Å². The molecule has 3 N–H and O–H groups in total. The van der Waals surface area contributed by atoms with Gasteiger partial charge in [0.1, 0.15) is 29.8 Å². The van der Waals surface area contributed by atoms with Crippen molar-refractivity contribution in [3.8, 4) is 11.9 Å². The van der Waals surface area contributed by atoms with Crippen LogP contribution in [0.2, 0.25) is 0 Å². The number of alkyl halides is 4. The predicted octanol–water partition coefficient (Wildman–Crippen LogP) is 5.07. The molecule has 10 unspecified atom stereocenters. The van der Waals surface area contributed by atoms with E-state index < -0.39 is 129 Å². The number of nitriles is 1. The van der Waals surface area contributed by atoms with Crippen LogP contribution in [0.25, 0.3) is 11.0 Å². The average Bonchev–Trinajstić information content (AvgIpc) is 4.15. The summed E-state index contributed by atoms with van der Waals surface area (Å²) in [5.74, 6) is -9.85. The number of fused-ring (bicyclic) bond motifs is 7. The minimum absolute atomic E-state index is 0.0603. The molecule has 1 aromatic heterocycles. The van der Waals surface area contributed by atoms with E-state index in [-0.39, 0.29) is 47.7 Å². The van der Waals surface area contributed by atoms with Crippen LogP contribution in [-0.4, -0.2) is 94.6 Å². The maximum atomic E-state index is 16.5. The summed E-state index contributed by atoms with van der Waals surface area (Å²) in [7, 11) is -4.32. The molecule has 1 saturated heterocycles. The molecule has 1 aromatic carbocycles. The highest BCUT2D eigenvalue weighted by Crippen LogP contribution is 2.58. The molecule has 0 spiro atoms. The van der Waals surface area contributed by atoms with E-state index in [0.717, 1.165) is 11.3 Å². The number of amides is 4. The van der Waals surface area contributed by atoms with Gasteiger partial charge in [-0.05, 0) is 93.2 Å².